The highest BCUT2D eigenvalue weighted by Crippen LogP contribution is 2.02. The Bertz CT molecular complexity index is 324. The molecule has 0 spiro atoms. The number of rotatable bonds is 5. The van der Waals surface area contributed by atoms with E-state index in [-0.39, 0.29) is 11.9 Å². The number of hydrogen-bond acceptors (Lipinski definition) is 2. The monoisotopic (exact) mass is 220 g/mol. The largest absolute Gasteiger partial charge is 0.352 e. The van der Waals surface area contributed by atoms with Crippen molar-refractivity contribution in [3.63, 3.8) is 0 Å². The third-order valence-corrected chi connectivity index (χ3v) is 2.64. The molecular weight excluding hydrogens is 200 g/mol. The Labute approximate surface area is 97.0 Å². The molecule has 0 saturated carbocycles. The third kappa shape index (κ3) is 4.03. The van der Waals surface area contributed by atoms with Gasteiger partial charge in [-0.25, -0.2) is 0 Å². The molecule has 0 saturated heterocycles. The highest BCUT2D eigenvalue weighted by Gasteiger charge is 2.15. The summed E-state index contributed by atoms with van der Waals surface area (Å²) >= 11 is 0. The van der Waals surface area contributed by atoms with Crippen LogP contribution in [0.25, 0.3) is 0 Å². The van der Waals surface area contributed by atoms with Gasteiger partial charge in [0.15, 0.2) is 0 Å². The van der Waals surface area contributed by atoms with E-state index < -0.39 is 6.04 Å². The normalized spacial score (nSPS) is 14.2. The quantitative estimate of drug-likeness (QED) is 0.789. The molecule has 1 amide bonds. The van der Waals surface area contributed by atoms with E-state index in [1.807, 2.05) is 44.2 Å². The lowest BCUT2D eigenvalue weighted by Gasteiger charge is -2.16. The molecule has 3 N–H and O–H groups in total. The summed E-state index contributed by atoms with van der Waals surface area (Å²) in [5.74, 6) is -0.0711. The van der Waals surface area contributed by atoms with Crippen LogP contribution in [0.3, 0.4) is 0 Å². The zero-order valence-corrected chi connectivity index (χ0v) is 9.94. The van der Waals surface area contributed by atoms with Crippen molar-refractivity contribution in [2.75, 3.05) is 0 Å². The first kappa shape index (κ1) is 12.7. The van der Waals surface area contributed by atoms with E-state index in [2.05, 4.69) is 5.32 Å². The molecular formula is C13H20N2O. The number of carbonyl (C=O) groups is 1. The van der Waals surface area contributed by atoms with Gasteiger partial charge in [0.2, 0.25) is 5.91 Å². The summed E-state index contributed by atoms with van der Waals surface area (Å²) in [7, 11) is 0. The Balaban J connectivity index is 2.46. The van der Waals surface area contributed by atoms with Gasteiger partial charge < -0.3 is 11.1 Å². The molecule has 0 aliphatic rings. The van der Waals surface area contributed by atoms with Crippen LogP contribution in [-0.2, 0) is 11.2 Å². The van der Waals surface area contributed by atoms with Crippen molar-refractivity contribution in [3.05, 3.63) is 35.9 Å². The van der Waals surface area contributed by atoms with Crippen molar-refractivity contribution >= 4 is 5.91 Å². The van der Waals surface area contributed by atoms with Crippen LogP contribution >= 0.6 is 0 Å². The Morgan fingerprint density at radius 3 is 2.56 bits per heavy atom. The molecule has 0 heterocycles. The molecule has 88 valence electrons. The second kappa shape index (κ2) is 6.28. The molecule has 3 nitrogen and oxygen atoms in total. The lowest BCUT2D eigenvalue weighted by molar-refractivity contribution is -0.122. The van der Waals surface area contributed by atoms with Gasteiger partial charge in [-0.15, -0.1) is 0 Å². The summed E-state index contributed by atoms with van der Waals surface area (Å²) in [5.41, 5.74) is 6.93. The van der Waals surface area contributed by atoms with Crippen LogP contribution in [-0.4, -0.2) is 18.0 Å². The summed E-state index contributed by atoms with van der Waals surface area (Å²) in [6.45, 7) is 4.01. The van der Waals surface area contributed by atoms with E-state index in [4.69, 9.17) is 5.73 Å². The van der Waals surface area contributed by atoms with E-state index in [9.17, 15) is 4.79 Å². The number of benzene rings is 1. The summed E-state index contributed by atoms with van der Waals surface area (Å²) in [6.07, 6.45) is 1.51. The number of nitrogens with two attached hydrogens (primary N) is 1. The second-order valence-electron chi connectivity index (χ2n) is 4.11. The van der Waals surface area contributed by atoms with Gasteiger partial charge in [-0.2, -0.15) is 0 Å². The van der Waals surface area contributed by atoms with Crippen LogP contribution in [0.5, 0.6) is 0 Å². The van der Waals surface area contributed by atoms with Gasteiger partial charge in [0, 0.05) is 6.04 Å². The Morgan fingerprint density at radius 2 is 2.00 bits per heavy atom. The van der Waals surface area contributed by atoms with Gasteiger partial charge in [0.1, 0.15) is 0 Å². The Hall–Kier alpha value is -1.35. The first-order chi connectivity index (χ1) is 7.63. The average molecular weight is 220 g/mol. The van der Waals surface area contributed by atoms with Gasteiger partial charge >= 0.3 is 0 Å². The maximum Gasteiger partial charge on any atom is 0.237 e. The first-order valence-corrected chi connectivity index (χ1v) is 5.73. The molecule has 0 aliphatic carbocycles. The number of amides is 1. The maximum absolute atomic E-state index is 11.7. The van der Waals surface area contributed by atoms with Gasteiger partial charge in [-0.05, 0) is 25.3 Å². The van der Waals surface area contributed by atoms with Gasteiger partial charge in [0.05, 0.1) is 6.04 Å². The Morgan fingerprint density at radius 1 is 1.38 bits per heavy atom. The molecule has 0 aromatic heterocycles. The van der Waals surface area contributed by atoms with Crippen molar-refractivity contribution in [1.82, 2.24) is 5.32 Å². The second-order valence-corrected chi connectivity index (χ2v) is 4.11. The maximum atomic E-state index is 11.7. The molecule has 2 atom stereocenters. The van der Waals surface area contributed by atoms with Crippen molar-refractivity contribution in [2.45, 2.75) is 38.8 Å². The highest BCUT2D eigenvalue weighted by molar-refractivity contribution is 5.82. The van der Waals surface area contributed by atoms with Crippen LogP contribution in [0.2, 0.25) is 0 Å². The molecule has 0 aliphatic heterocycles. The zero-order valence-electron chi connectivity index (χ0n) is 9.94. The molecule has 2 unspecified atom stereocenters. The van der Waals surface area contributed by atoms with Gasteiger partial charge in [-0.1, -0.05) is 37.3 Å². The molecule has 0 radical (unpaired) electrons. The SMILES string of the molecule is CCC(C)NC(=O)C(N)Cc1ccccc1. The Kier molecular flexibility index (Phi) is 4.99. The molecule has 1 aromatic carbocycles. The molecule has 0 bridgehead atoms. The summed E-state index contributed by atoms with van der Waals surface area (Å²) in [4.78, 5) is 11.7. The predicted octanol–water partition coefficient (Wildman–Crippen LogP) is 1.47. The fourth-order valence-electron chi connectivity index (χ4n) is 1.41. The standard InChI is InChI=1S/C13H20N2O/c1-3-10(2)15-13(16)12(14)9-11-7-5-4-6-8-11/h4-8,10,12H,3,9,14H2,1-2H3,(H,15,16). The number of carbonyl (C=O) groups excluding carboxylic acids is 1. The predicted molar refractivity (Wildman–Crippen MR) is 66.0 cm³/mol. The van der Waals surface area contributed by atoms with E-state index in [1.165, 1.54) is 0 Å². The number of nitrogens with one attached hydrogen (secondary N) is 1. The summed E-state index contributed by atoms with van der Waals surface area (Å²) in [5, 5.41) is 2.89. The minimum atomic E-state index is -0.462. The molecule has 3 heteroatoms. The zero-order chi connectivity index (χ0) is 12.0. The van der Waals surface area contributed by atoms with E-state index in [0.717, 1.165) is 12.0 Å². The van der Waals surface area contributed by atoms with Crippen LogP contribution < -0.4 is 11.1 Å². The van der Waals surface area contributed by atoms with Crippen LogP contribution in [0.1, 0.15) is 25.8 Å². The topological polar surface area (TPSA) is 55.1 Å². The van der Waals surface area contributed by atoms with Gasteiger partial charge in [0.25, 0.3) is 0 Å². The lowest BCUT2D eigenvalue weighted by Crippen LogP contribution is -2.45. The van der Waals surface area contributed by atoms with Gasteiger partial charge in [-0.3, -0.25) is 4.79 Å². The molecule has 1 rings (SSSR count). The van der Waals surface area contributed by atoms with Crippen LogP contribution in [0, 0.1) is 0 Å². The summed E-state index contributed by atoms with van der Waals surface area (Å²) < 4.78 is 0. The van der Waals surface area contributed by atoms with E-state index >= 15 is 0 Å². The van der Waals surface area contributed by atoms with E-state index in [0.29, 0.717) is 6.42 Å². The van der Waals surface area contributed by atoms with E-state index in [1.54, 1.807) is 0 Å². The minimum Gasteiger partial charge on any atom is -0.352 e. The first-order valence-electron chi connectivity index (χ1n) is 5.73. The smallest absolute Gasteiger partial charge is 0.237 e. The molecule has 0 fully saturated rings. The van der Waals surface area contributed by atoms with Crippen LogP contribution in [0.4, 0.5) is 0 Å². The lowest BCUT2D eigenvalue weighted by atomic mass is 10.1. The minimum absolute atomic E-state index is 0.0711. The fourth-order valence-corrected chi connectivity index (χ4v) is 1.41. The fraction of sp³-hybridized carbons (Fsp3) is 0.462. The molecule has 1 aromatic rings. The van der Waals surface area contributed by atoms with Crippen LogP contribution in [0.15, 0.2) is 30.3 Å². The van der Waals surface area contributed by atoms with Crippen molar-refractivity contribution in [3.8, 4) is 0 Å². The third-order valence-electron chi connectivity index (χ3n) is 2.64. The highest BCUT2D eigenvalue weighted by atomic mass is 16.2. The van der Waals surface area contributed by atoms with Crippen molar-refractivity contribution < 1.29 is 4.79 Å². The van der Waals surface area contributed by atoms with Crippen molar-refractivity contribution in [2.24, 2.45) is 5.73 Å². The van der Waals surface area contributed by atoms with Crippen molar-refractivity contribution in [1.29, 1.82) is 0 Å². The molecule has 16 heavy (non-hydrogen) atoms. The number of hydrogen-bond donors (Lipinski definition) is 2. The summed E-state index contributed by atoms with van der Waals surface area (Å²) in [6, 6.07) is 9.55. The average Bonchev–Trinajstić information content (AvgIpc) is 2.30.